The molecule has 0 aromatic heterocycles. The molecule has 12 heteroatoms. The summed E-state index contributed by atoms with van der Waals surface area (Å²) in [6, 6.07) is 14.7. The van der Waals surface area contributed by atoms with Crippen molar-refractivity contribution in [1.82, 2.24) is 0 Å². The molecule has 0 bridgehead atoms. The van der Waals surface area contributed by atoms with Crippen LogP contribution in [-0.2, 0) is 16.0 Å². The van der Waals surface area contributed by atoms with Gasteiger partial charge in [-0.15, -0.1) is 13.2 Å². The third-order valence-corrected chi connectivity index (χ3v) is 7.33. The molecular formula is C29H26ClF3N2O6. The number of carbonyl (C=O) groups excluding carboxylic acids is 1. The molecule has 8 nitrogen and oxygen atoms in total. The summed E-state index contributed by atoms with van der Waals surface area (Å²) in [5.41, 5.74) is 2.12. The molecule has 5 rings (SSSR count). The van der Waals surface area contributed by atoms with Crippen LogP contribution in [0.4, 0.5) is 24.5 Å². The van der Waals surface area contributed by atoms with Crippen LogP contribution in [0.25, 0.3) is 0 Å². The van der Waals surface area contributed by atoms with Gasteiger partial charge in [0.05, 0.1) is 18.7 Å². The minimum absolute atomic E-state index is 0.265. The van der Waals surface area contributed by atoms with Gasteiger partial charge in [-0.25, -0.2) is 0 Å². The number of nitrogens with zero attached hydrogens (tertiary/aromatic N) is 1. The molecule has 1 saturated carbocycles. The van der Waals surface area contributed by atoms with Crippen molar-refractivity contribution in [3.63, 3.8) is 0 Å². The number of hydrogen-bond donors (Lipinski definition) is 2. The van der Waals surface area contributed by atoms with E-state index in [1.54, 1.807) is 42.5 Å². The molecule has 216 valence electrons. The lowest BCUT2D eigenvalue weighted by atomic mass is 9.82. The van der Waals surface area contributed by atoms with Gasteiger partial charge in [0.2, 0.25) is 0 Å². The maximum absolute atomic E-state index is 14.0. The number of amides is 1. The number of anilines is 2. The topological polar surface area (TPSA) is 97.3 Å². The fraction of sp³-hybridized carbons (Fsp3) is 0.310. The van der Waals surface area contributed by atoms with Crippen molar-refractivity contribution >= 4 is 34.9 Å². The summed E-state index contributed by atoms with van der Waals surface area (Å²) in [4.78, 5) is 26.6. The highest BCUT2D eigenvalue weighted by molar-refractivity contribution is 6.30. The van der Waals surface area contributed by atoms with Gasteiger partial charge in [0.25, 0.3) is 5.91 Å². The number of hydrogen-bond acceptors (Lipinski definition) is 6. The molecule has 0 spiro atoms. The molecule has 0 saturated heterocycles. The molecule has 1 heterocycles. The molecule has 3 aromatic carbocycles. The average Bonchev–Trinajstić information content (AvgIpc) is 3.31. The van der Waals surface area contributed by atoms with Crippen molar-refractivity contribution in [2.45, 2.75) is 37.8 Å². The van der Waals surface area contributed by atoms with E-state index in [0.717, 1.165) is 5.56 Å². The minimum atomic E-state index is -4.87. The first-order valence-electron chi connectivity index (χ1n) is 12.8. The van der Waals surface area contributed by atoms with Crippen LogP contribution in [0.5, 0.6) is 17.2 Å². The van der Waals surface area contributed by atoms with Gasteiger partial charge in [-0.05, 0) is 48.6 Å². The number of methoxy groups -OCH3 is 1. The molecule has 1 atom stereocenters. The van der Waals surface area contributed by atoms with E-state index in [0.29, 0.717) is 52.7 Å². The van der Waals surface area contributed by atoms with Crippen LogP contribution < -0.4 is 24.4 Å². The first kappa shape index (κ1) is 28.4. The van der Waals surface area contributed by atoms with Gasteiger partial charge in [-0.2, -0.15) is 0 Å². The summed E-state index contributed by atoms with van der Waals surface area (Å²) >= 11 is 6.09. The van der Waals surface area contributed by atoms with Gasteiger partial charge < -0.3 is 29.5 Å². The largest absolute Gasteiger partial charge is 0.573 e. The summed E-state index contributed by atoms with van der Waals surface area (Å²) in [6.07, 6.45) is -3.89. The van der Waals surface area contributed by atoms with Crippen molar-refractivity contribution in [2.75, 3.05) is 23.9 Å². The maximum atomic E-state index is 14.0. The Kier molecular flexibility index (Phi) is 7.90. The molecule has 0 radical (unpaired) electrons. The highest BCUT2D eigenvalue weighted by Gasteiger charge is 2.37. The molecule has 1 fully saturated rings. The number of benzene rings is 3. The molecule has 41 heavy (non-hydrogen) atoms. The highest BCUT2D eigenvalue weighted by atomic mass is 35.5. The smallest absolute Gasteiger partial charge is 0.497 e. The molecule has 2 N–H and O–H groups in total. The van der Waals surface area contributed by atoms with Crippen LogP contribution in [0, 0.1) is 5.92 Å². The molecule has 1 aliphatic carbocycles. The van der Waals surface area contributed by atoms with E-state index >= 15 is 0 Å². The van der Waals surface area contributed by atoms with E-state index in [1.807, 2.05) is 0 Å². The lowest BCUT2D eigenvalue weighted by Crippen LogP contribution is -2.38. The third-order valence-electron chi connectivity index (χ3n) is 7.08. The van der Waals surface area contributed by atoms with E-state index < -0.39 is 35.9 Å². The Morgan fingerprint density at radius 3 is 2.39 bits per heavy atom. The van der Waals surface area contributed by atoms with Crippen molar-refractivity contribution in [2.24, 2.45) is 5.92 Å². The van der Waals surface area contributed by atoms with Crippen LogP contribution >= 0.6 is 11.6 Å². The van der Waals surface area contributed by atoms with Crippen molar-refractivity contribution in [3.8, 4) is 17.2 Å². The van der Waals surface area contributed by atoms with Crippen LogP contribution in [0.3, 0.4) is 0 Å². The maximum Gasteiger partial charge on any atom is 0.573 e. The number of nitrogens with one attached hydrogen (secondary N) is 1. The zero-order valence-corrected chi connectivity index (χ0v) is 22.5. The number of halogens is 4. The van der Waals surface area contributed by atoms with Crippen molar-refractivity contribution in [3.05, 3.63) is 76.8 Å². The summed E-state index contributed by atoms with van der Waals surface area (Å²) in [7, 11) is 1.48. The van der Waals surface area contributed by atoms with Gasteiger partial charge in [0, 0.05) is 41.5 Å². The normalized spacial score (nSPS) is 18.6. The Labute approximate surface area is 238 Å². The number of carboxylic acid groups (broad SMARTS) is 1. The third kappa shape index (κ3) is 6.62. The quantitative estimate of drug-likeness (QED) is 0.305. The Morgan fingerprint density at radius 2 is 1.73 bits per heavy atom. The zero-order valence-electron chi connectivity index (χ0n) is 21.8. The second kappa shape index (κ2) is 11.4. The fourth-order valence-electron chi connectivity index (χ4n) is 4.95. The number of alkyl halides is 3. The lowest BCUT2D eigenvalue weighted by Gasteiger charge is -2.32. The SMILES string of the molecule is COc1cc(NC(C(=O)N2CCc3ccc(OC(F)(F)F)cc32)c2ccc(Cl)cc2)cc(O[C@H]2C[C@H](C(=O)O)C2)c1. The van der Waals surface area contributed by atoms with Gasteiger partial charge in [0.1, 0.15) is 29.4 Å². The van der Waals surface area contributed by atoms with Crippen molar-refractivity contribution < 1.29 is 42.1 Å². The Bertz CT molecular complexity index is 1440. The summed E-state index contributed by atoms with van der Waals surface area (Å²) < 4.78 is 54.1. The van der Waals surface area contributed by atoms with Crippen molar-refractivity contribution in [1.29, 1.82) is 0 Å². The summed E-state index contributed by atoms with van der Waals surface area (Å²) in [5, 5.41) is 12.8. The monoisotopic (exact) mass is 590 g/mol. The summed E-state index contributed by atoms with van der Waals surface area (Å²) in [5.74, 6) is -1.24. The van der Waals surface area contributed by atoms with Crippen LogP contribution in [0.2, 0.25) is 5.02 Å². The fourth-order valence-corrected chi connectivity index (χ4v) is 5.07. The van der Waals surface area contributed by atoms with E-state index in [2.05, 4.69) is 10.1 Å². The van der Waals surface area contributed by atoms with E-state index in [-0.39, 0.29) is 12.6 Å². The Hall–Kier alpha value is -4.12. The van der Waals surface area contributed by atoms with E-state index in [9.17, 15) is 22.8 Å². The molecule has 1 aliphatic heterocycles. The predicted molar refractivity (Wildman–Crippen MR) is 145 cm³/mol. The molecular weight excluding hydrogens is 565 g/mol. The number of carbonyl (C=O) groups is 2. The summed E-state index contributed by atoms with van der Waals surface area (Å²) in [6.45, 7) is 0.272. The number of fused-ring (bicyclic) bond motifs is 1. The number of rotatable bonds is 9. The second-order valence-corrected chi connectivity index (χ2v) is 10.3. The van der Waals surface area contributed by atoms with Crippen LogP contribution in [-0.4, -0.2) is 43.1 Å². The Balaban J connectivity index is 1.43. The average molecular weight is 591 g/mol. The Morgan fingerprint density at radius 1 is 1.02 bits per heavy atom. The number of carboxylic acids is 1. The molecule has 3 aromatic rings. The highest BCUT2D eigenvalue weighted by Crippen LogP contribution is 2.38. The number of ether oxygens (including phenoxy) is 3. The second-order valence-electron chi connectivity index (χ2n) is 9.85. The van der Waals surface area contributed by atoms with E-state index in [4.69, 9.17) is 26.2 Å². The lowest BCUT2D eigenvalue weighted by molar-refractivity contribution is -0.274. The van der Waals surface area contributed by atoms with Gasteiger partial charge in [-0.3, -0.25) is 9.59 Å². The standard InChI is InChI=1S/C29H26ClF3N2O6/c1-39-22-12-20(13-24(14-22)40-23-10-18(11-23)28(37)38)34-26(17-2-5-19(30)6-3-17)27(36)35-9-8-16-4-7-21(15-25(16)35)41-29(31,32)33/h2-7,12-15,18,23,26,34H,8-11H2,1H3,(H,37,38)/t18-,23-,26?. The van der Waals surface area contributed by atoms with Crippen LogP contribution in [0.1, 0.15) is 30.0 Å². The predicted octanol–water partition coefficient (Wildman–Crippen LogP) is 6.23. The van der Waals surface area contributed by atoms with Gasteiger partial charge >= 0.3 is 12.3 Å². The zero-order chi connectivity index (χ0) is 29.3. The first-order chi connectivity index (χ1) is 19.5. The number of aliphatic carboxylic acids is 1. The van der Waals surface area contributed by atoms with Gasteiger partial charge in [0.15, 0.2) is 0 Å². The van der Waals surface area contributed by atoms with E-state index in [1.165, 1.54) is 30.2 Å². The first-order valence-corrected chi connectivity index (χ1v) is 13.2. The molecule has 2 aliphatic rings. The minimum Gasteiger partial charge on any atom is -0.497 e. The molecule has 1 unspecified atom stereocenters. The van der Waals surface area contributed by atoms with Gasteiger partial charge in [-0.1, -0.05) is 29.8 Å². The molecule has 1 amide bonds. The van der Waals surface area contributed by atoms with Crippen LogP contribution in [0.15, 0.2) is 60.7 Å².